The van der Waals surface area contributed by atoms with Gasteiger partial charge in [0.25, 0.3) is 0 Å². The molecule has 0 aliphatic carbocycles. The van der Waals surface area contributed by atoms with Crippen molar-refractivity contribution in [1.29, 1.82) is 0 Å². The second-order valence-electron chi connectivity index (χ2n) is 8.30. The summed E-state index contributed by atoms with van der Waals surface area (Å²) in [6.45, 7) is 3.67. The number of aromatic nitrogens is 1. The summed E-state index contributed by atoms with van der Waals surface area (Å²) in [7, 11) is 1.77. The van der Waals surface area contributed by atoms with E-state index in [-0.39, 0.29) is 17.2 Å². The van der Waals surface area contributed by atoms with Crippen LogP contribution in [-0.2, 0) is 4.74 Å². The molecule has 1 aromatic heterocycles. The third kappa shape index (κ3) is 3.40. The van der Waals surface area contributed by atoms with E-state index in [1.54, 1.807) is 19.5 Å². The van der Waals surface area contributed by atoms with Gasteiger partial charge in [-0.1, -0.05) is 30.3 Å². The molecule has 2 bridgehead atoms. The number of carbonyl (C=O) groups is 1. The molecule has 0 saturated carbocycles. The van der Waals surface area contributed by atoms with E-state index in [2.05, 4.69) is 40.2 Å². The van der Waals surface area contributed by atoms with Gasteiger partial charge in [0, 0.05) is 55.5 Å². The van der Waals surface area contributed by atoms with Gasteiger partial charge in [-0.15, -0.1) is 0 Å². The summed E-state index contributed by atoms with van der Waals surface area (Å²) in [6, 6.07) is 13.2. The minimum Gasteiger partial charge on any atom is -0.383 e. The molecule has 4 nitrogen and oxygen atoms in total. The van der Waals surface area contributed by atoms with E-state index in [4.69, 9.17) is 4.74 Å². The lowest BCUT2D eigenvalue weighted by Crippen LogP contribution is -2.48. The van der Waals surface area contributed by atoms with Crippen LogP contribution in [0, 0.1) is 6.92 Å². The highest BCUT2D eigenvalue weighted by molar-refractivity contribution is 5.97. The van der Waals surface area contributed by atoms with Gasteiger partial charge >= 0.3 is 0 Å². The van der Waals surface area contributed by atoms with Crippen molar-refractivity contribution in [3.05, 3.63) is 65.5 Å². The van der Waals surface area contributed by atoms with E-state index in [1.165, 1.54) is 31.2 Å². The molecule has 1 unspecified atom stereocenters. The minimum absolute atomic E-state index is 0.0706. The molecule has 2 aliphatic heterocycles. The lowest BCUT2D eigenvalue weighted by Gasteiger charge is -2.42. The number of pyridine rings is 1. The number of hydrogen-bond acceptors (Lipinski definition) is 4. The number of nitrogens with zero attached hydrogens (tertiary/aromatic N) is 2. The fraction of sp³-hybridized carbons (Fsp3) is 0.500. The maximum Gasteiger partial charge on any atom is 0.163 e. The van der Waals surface area contributed by atoms with Crippen LogP contribution in [0.3, 0.4) is 0 Å². The molecule has 4 heteroatoms. The first kappa shape index (κ1) is 19.3. The summed E-state index contributed by atoms with van der Waals surface area (Å²) in [5.41, 5.74) is 3.13. The Morgan fingerprint density at radius 3 is 2.68 bits per heavy atom. The molecular formula is C24H30N2O2. The van der Waals surface area contributed by atoms with Gasteiger partial charge in [0.15, 0.2) is 5.78 Å². The first-order chi connectivity index (χ1) is 13.7. The Morgan fingerprint density at radius 2 is 2.00 bits per heavy atom. The fourth-order valence-corrected chi connectivity index (χ4v) is 5.59. The zero-order valence-corrected chi connectivity index (χ0v) is 16.9. The van der Waals surface area contributed by atoms with Gasteiger partial charge in [-0.3, -0.25) is 14.7 Å². The fourth-order valence-electron chi connectivity index (χ4n) is 5.59. The van der Waals surface area contributed by atoms with Crippen LogP contribution in [-0.4, -0.2) is 47.5 Å². The Kier molecular flexibility index (Phi) is 5.61. The van der Waals surface area contributed by atoms with Crippen LogP contribution in [0.15, 0.2) is 48.8 Å². The first-order valence-corrected chi connectivity index (χ1v) is 10.4. The number of carbonyl (C=O) groups excluding carboxylic acids is 1. The SMILES string of the molecule is COCCN1C2CCC1(C(CC(=O)c1ccncc1C)c1ccccc1)CC2. The van der Waals surface area contributed by atoms with E-state index in [9.17, 15) is 4.79 Å². The van der Waals surface area contributed by atoms with E-state index in [0.29, 0.717) is 12.5 Å². The zero-order valence-electron chi connectivity index (χ0n) is 16.9. The van der Waals surface area contributed by atoms with Gasteiger partial charge in [-0.2, -0.15) is 0 Å². The summed E-state index contributed by atoms with van der Waals surface area (Å²) in [6.07, 6.45) is 8.86. The Morgan fingerprint density at radius 1 is 1.25 bits per heavy atom. The maximum absolute atomic E-state index is 13.3. The molecule has 0 N–H and O–H groups in total. The van der Waals surface area contributed by atoms with E-state index in [0.717, 1.165) is 24.3 Å². The standard InChI is InChI=1S/C24H30N2O2/c1-18-17-25-13-10-21(18)23(27)16-22(19-6-4-3-5-7-19)24-11-8-20(9-12-24)26(24)14-15-28-2/h3-7,10,13,17,20,22H,8-9,11-12,14-16H2,1-2H3. The Labute approximate surface area is 167 Å². The highest BCUT2D eigenvalue weighted by Crippen LogP contribution is 2.54. The number of ether oxygens (including phenoxy) is 1. The van der Waals surface area contributed by atoms with Crippen LogP contribution in [0.5, 0.6) is 0 Å². The van der Waals surface area contributed by atoms with Crippen molar-refractivity contribution in [2.45, 2.75) is 56.5 Å². The molecule has 0 spiro atoms. The summed E-state index contributed by atoms with van der Waals surface area (Å²) < 4.78 is 5.41. The molecular weight excluding hydrogens is 348 g/mol. The van der Waals surface area contributed by atoms with Crippen LogP contribution < -0.4 is 0 Å². The predicted octanol–water partition coefficient (Wildman–Crippen LogP) is 4.39. The number of methoxy groups -OCH3 is 1. The zero-order chi connectivity index (χ0) is 19.6. The molecule has 2 aromatic rings. The minimum atomic E-state index is 0.0706. The number of ketones is 1. The van der Waals surface area contributed by atoms with E-state index in [1.807, 2.05) is 13.0 Å². The molecule has 2 saturated heterocycles. The van der Waals surface area contributed by atoms with Gasteiger partial charge in [-0.05, 0) is 49.8 Å². The van der Waals surface area contributed by atoms with Gasteiger partial charge in [0.2, 0.25) is 0 Å². The molecule has 0 amide bonds. The number of aryl methyl sites for hydroxylation is 1. The second kappa shape index (κ2) is 8.14. The quantitative estimate of drug-likeness (QED) is 0.639. The third-order valence-electron chi connectivity index (χ3n) is 6.93. The number of fused-ring (bicyclic) bond motifs is 2. The summed E-state index contributed by atoms with van der Waals surface area (Å²) in [5, 5.41) is 0. The first-order valence-electron chi connectivity index (χ1n) is 10.4. The van der Waals surface area contributed by atoms with Crippen LogP contribution >= 0.6 is 0 Å². The molecule has 1 atom stereocenters. The monoisotopic (exact) mass is 378 g/mol. The van der Waals surface area contributed by atoms with Crippen LogP contribution in [0.1, 0.15) is 59.5 Å². The van der Waals surface area contributed by atoms with Gasteiger partial charge in [-0.25, -0.2) is 0 Å². The molecule has 28 heavy (non-hydrogen) atoms. The van der Waals surface area contributed by atoms with Crippen molar-refractivity contribution >= 4 is 5.78 Å². The van der Waals surface area contributed by atoms with Crippen molar-refractivity contribution in [2.75, 3.05) is 20.3 Å². The Bertz CT molecular complexity index is 812. The molecule has 4 rings (SSSR count). The summed E-state index contributed by atoms with van der Waals surface area (Å²) in [4.78, 5) is 20.1. The third-order valence-corrected chi connectivity index (χ3v) is 6.93. The lowest BCUT2D eigenvalue weighted by molar-refractivity contribution is 0.0716. The van der Waals surface area contributed by atoms with Crippen molar-refractivity contribution in [3.8, 4) is 0 Å². The van der Waals surface area contributed by atoms with Gasteiger partial charge in [0.1, 0.15) is 0 Å². The smallest absolute Gasteiger partial charge is 0.163 e. The molecule has 3 heterocycles. The lowest BCUT2D eigenvalue weighted by atomic mass is 9.71. The van der Waals surface area contributed by atoms with E-state index >= 15 is 0 Å². The van der Waals surface area contributed by atoms with Crippen molar-refractivity contribution in [2.24, 2.45) is 0 Å². The summed E-state index contributed by atoms with van der Waals surface area (Å²) in [5.74, 6) is 0.434. The Balaban J connectivity index is 1.69. The van der Waals surface area contributed by atoms with Crippen molar-refractivity contribution < 1.29 is 9.53 Å². The molecule has 2 fully saturated rings. The number of rotatable bonds is 8. The summed E-state index contributed by atoms with van der Waals surface area (Å²) >= 11 is 0. The average Bonchev–Trinajstić information content (AvgIpc) is 3.26. The predicted molar refractivity (Wildman–Crippen MR) is 111 cm³/mol. The maximum atomic E-state index is 13.3. The normalized spacial score (nSPS) is 25.1. The van der Waals surface area contributed by atoms with Gasteiger partial charge in [0.05, 0.1) is 6.61 Å². The van der Waals surface area contributed by atoms with Gasteiger partial charge < -0.3 is 4.74 Å². The largest absolute Gasteiger partial charge is 0.383 e. The Hall–Kier alpha value is -2.04. The molecule has 2 aliphatic rings. The molecule has 148 valence electrons. The number of Topliss-reactive ketones (excluding diaryl/α,β-unsaturated/α-hetero) is 1. The average molecular weight is 379 g/mol. The number of hydrogen-bond donors (Lipinski definition) is 0. The van der Waals surface area contributed by atoms with Crippen molar-refractivity contribution in [1.82, 2.24) is 9.88 Å². The van der Waals surface area contributed by atoms with E-state index < -0.39 is 0 Å². The molecule has 0 radical (unpaired) electrons. The number of benzene rings is 1. The second-order valence-corrected chi connectivity index (χ2v) is 8.30. The molecule has 1 aromatic carbocycles. The van der Waals surface area contributed by atoms with Crippen LogP contribution in [0.4, 0.5) is 0 Å². The highest BCUT2D eigenvalue weighted by Gasteiger charge is 2.55. The topological polar surface area (TPSA) is 42.4 Å². The van der Waals surface area contributed by atoms with Crippen LogP contribution in [0.2, 0.25) is 0 Å². The van der Waals surface area contributed by atoms with Crippen LogP contribution in [0.25, 0.3) is 0 Å². The van der Waals surface area contributed by atoms with Crippen molar-refractivity contribution in [3.63, 3.8) is 0 Å². The highest BCUT2D eigenvalue weighted by atomic mass is 16.5.